The summed E-state index contributed by atoms with van der Waals surface area (Å²) in [7, 11) is 1.26. The highest BCUT2D eigenvalue weighted by Gasteiger charge is 2.72. The van der Waals surface area contributed by atoms with Gasteiger partial charge >= 0.3 is 5.97 Å². The second kappa shape index (κ2) is 4.05. The topological polar surface area (TPSA) is 89.7 Å². The molecule has 0 bridgehead atoms. The third kappa shape index (κ3) is 1.71. The zero-order valence-corrected chi connectivity index (χ0v) is 10.8. The fourth-order valence-corrected chi connectivity index (χ4v) is 2.76. The first kappa shape index (κ1) is 13.0. The summed E-state index contributed by atoms with van der Waals surface area (Å²) in [5, 5.41) is 0. The Morgan fingerprint density at radius 2 is 1.89 bits per heavy atom. The molecule has 2 rings (SSSR count). The summed E-state index contributed by atoms with van der Waals surface area (Å²) in [6.07, 6.45) is 0.240. The van der Waals surface area contributed by atoms with Crippen LogP contribution in [0.3, 0.4) is 0 Å². The second-order valence-corrected chi connectivity index (χ2v) is 5.52. The molecule has 2 N–H and O–H groups in total. The zero-order chi connectivity index (χ0) is 13.7. The molecule has 0 aromatic carbocycles. The minimum Gasteiger partial charge on any atom is -0.468 e. The van der Waals surface area contributed by atoms with E-state index in [1.807, 2.05) is 13.8 Å². The fraction of sp³-hybridized carbons (Fsp3) is 0.750. The van der Waals surface area contributed by atoms with Crippen LogP contribution < -0.4 is 5.73 Å². The van der Waals surface area contributed by atoms with Crippen molar-refractivity contribution < 1.29 is 19.1 Å². The highest BCUT2D eigenvalue weighted by Crippen LogP contribution is 2.63. The molecule has 0 aromatic rings. The van der Waals surface area contributed by atoms with E-state index in [1.165, 1.54) is 12.0 Å². The van der Waals surface area contributed by atoms with Crippen LogP contribution in [-0.4, -0.2) is 42.4 Å². The Hall–Kier alpha value is -1.43. The molecule has 3 atom stereocenters. The van der Waals surface area contributed by atoms with E-state index >= 15 is 0 Å². The minimum atomic E-state index is -0.791. The Kier molecular flexibility index (Phi) is 2.93. The van der Waals surface area contributed by atoms with Crippen LogP contribution in [0.1, 0.15) is 20.3 Å². The molecular formula is C12H18N2O4. The van der Waals surface area contributed by atoms with Gasteiger partial charge in [0.15, 0.2) is 0 Å². The van der Waals surface area contributed by atoms with E-state index in [4.69, 9.17) is 5.73 Å². The van der Waals surface area contributed by atoms with Crippen LogP contribution in [0.5, 0.6) is 0 Å². The van der Waals surface area contributed by atoms with Crippen LogP contribution in [0.25, 0.3) is 0 Å². The lowest BCUT2D eigenvalue weighted by Gasteiger charge is -2.21. The van der Waals surface area contributed by atoms with E-state index in [0.29, 0.717) is 0 Å². The Bertz CT molecular complexity index is 394. The molecule has 6 nitrogen and oxygen atoms in total. The van der Waals surface area contributed by atoms with Crippen LogP contribution in [0.2, 0.25) is 0 Å². The van der Waals surface area contributed by atoms with Crippen molar-refractivity contribution in [2.24, 2.45) is 23.0 Å². The van der Waals surface area contributed by atoms with Crippen molar-refractivity contribution in [3.8, 4) is 0 Å². The van der Waals surface area contributed by atoms with Crippen LogP contribution in [0, 0.1) is 17.3 Å². The van der Waals surface area contributed by atoms with E-state index in [-0.39, 0.29) is 42.0 Å². The number of rotatable bonds is 4. The van der Waals surface area contributed by atoms with Gasteiger partial charge in [0.05, 0.1) is 18.9 Å². The molecule has 100 valence electrons. The lowest BCUT2D eigenvalue weighted by molar-refractivity contribution is -0.146. The minimum absolute atomic E-state index is 0.132. The largest absolute Gasteiger partial charge is 0.468 e. The molecule has 0 aromatic heterocycles. The van der Waals surface area contributed by atoms with Gasteiger partial charge in [0, 0.05) is 6.54 Å². The van der Waals surface area contributed by atoms with E-state index < -0.39 is 12.0 Å². The number of amides is 2. The Morgan fingerprint density at radius 3 is 2.33 bits per heavy atom. The van der Waals surface area contributed by atoms with Crippen molar-refractivity contribution in [2.75, 3.05) is 13.7 Å². The molecular weight excluding hydrogens is 236 g/mol. The van der Waals surface area contributed by atoms with Gasteiger partial charge in [-0.15, -0.1) is 0 Å². The zero-order valence-electron chi connectivity index (χ0n) is 10.8. The van der Waals surface area contributed by atoms with Gasteiger partial charge in [0.25, 0.3) is 0 Å². The van der Waals surface area contributed by atoms with Gasteiger partial charge < -0.3 is 10.5 Å². The molecule has 1 saturated heterocycles. The quantitative estimate of drug-likeness (QED) is 0.540. The van der Waals surface area contributed by atoms with Gasteiger partial charge in [-0.05, 0) is 11.8 Å². The first-order valence-corrected chi connectivity index (χ1v) is 6.01. The molecule has 1 aliphatic heterocycles. The number of esters is 1. The lowest BCUT2D eigenvalue weighted by Crippen LogP contribution is -2.41. The fourth-order valence-electron chi connectivity index (χ4n) is 2.76. The van der Waals surface area contributed by atoms with Gasteiger partial charge in [0.2, 0.25) is 11.8 Å². The normalized spacial score (nSPS) is 30.1. The third-order valence-corrected chi connectivity index (χ3v) is 4.06. The molecule has 1 heterocycles. The van der Waals surface area contributed by atoms with Crippen molar-refractivity contribution in [1.82, 2.24) is 4.90 Å². The first-order chi connectivity index (χ1) is 8.32. The van der Waals surface area contributed by atoms with Crippen LogP contribution >= 0.6 is 0 Å². The average molecular weight is 254 g/mol. The molecule has 0 radical (unpaired) electrons. The van der Waals surface area contributed by atoms with Gasteiger partial charge in [0.1, 0.15) is 6.04 Å². The number of imide groups is 1. The molecule has 18 heavy (non-hydrogen) atoms. The second-order valence-electron chi connectivity index (χ2n) is 5.52. The smallest absolute Gasteiger partial charge is 0.322 e. The van der Waals surface area contributed by atoms with Crippen molar-refractivity contribution in [1.29, 1.82) is 0 Å². The number of hydrogen-bond donors (Lipinski definition) is 1. The standard InChI is InChI=1S/C12H18N2O4/c1-12(2)7-8(12)10(16)14(9(7)15)5-4-6(13)11(17)18-3/h6-8H,4-5,13H2,1-3H3. The average Bonchev–Trinajstić information content (AvgIpc) is 2.78. The number of piperidine rings is 1. The third-order valence-electron chi connectivity index (χ3n) is 4.06. The van der Waals surface area contributed by atoms with E-state index in [0.717, 1.165) is 0 Å². The predicted molar refractivity (Wildman–Crippen MR) is 62.1 cm³/mol. The molecule has 2 amide bonds. The molecule has 2 aliphatic rings. The predicted octanol–water partition coefficient (Wildman–Crippen LogP) is -0.482. The molecule has 1 saturated carbocycles. The van der Waals surface area contributed by atoms with Crippen molar-refractivity contribution in [3.05, 3.63) is 0 Å². The summed E-state index contributed by atoms with van der Waals surface area (Å²) in [4.78, 5) is 36.3. The van der Waals surface area contributed by atoms with Crippen molar-refractivity contribution >= 4 is 17.8 Å². The van der Waals surface area contributed by atoms with Gasteiger partial charge in [-0.3, -0.25) is 19.3 Å². The molecule has 2 fully saturated rings. The lowest BCUT2D eigenvalue weighted by atomic mass is 10.1. The molecule has 6 heteroatoms. The van der Waals surface area contributed by atoms with Crippen LogP contribution in [0.15, 0.2) is 0 Å². The summed E-state index contributed by atoms with van der Waals surface area (Å²) < 4.78 is 4.49. The number of carbonyl (C=O) groups is 3. The van der Waals surface area contributed by atoms with Crippen LogP contribution in [0.4, 0.5) is 0 Å². The van der Waals surface area contributed by atoms with Gasteiger partial charge in [-0.1, -0.05) is 13.8 Å². The summed E-state index contributed by atoms with van der Waals surface area (Å²) in [6.45, 7) is 4.04. The van der Waals surface area contributed by atoms with E-state index in [2.05, 4.69) is 4.74 Å². The highest BCUT2D eigenvalue weighted by molar-refractivity contribution is 6.10. The van der Waals surface area contributed by atoms with E-state index in [9.17, 15) is 14.4 Å². The molecule has 3 unspecified atom stereocenters. The maximum atomic E-state index is 12.0. The molecule has 0 spiro atoms. The van der Waals surface area contributed by atoms with Crippen molar-refractivity contribution in [2.45, 2.75) is 26.3 Å². The number of ether oxygens (including phenoxy) is 1. The molecule has 1 aliphatic carbocycles. The number of nitrogens with two attached hydrogens (primary N) is 1. The Balaban J connectivity index is 1.92. The Morgan fingerprint density at radius 1 is 1.39 bits per heavy atom. The number of hydrogen-bond acceptors (Lipinski definition) is 5. The SMILES string of the molecule is COC(=O)C(N)CCN1C(=O)C2C(C1=O)C2(C)C. The monoisotopic (exact) mass is 254 g/mol. The van der Waals surface area contributed by atoms with Gasteiger partial charge in [-0.2, -0.15) is 0 Å². The number of fused-ring (bicyclic) bond motifs is 1. The summed E-state index contributed by atoms with van der Waals surface area (Å²) >= 11 is 0. The maximum absolute atomic E-state index is 12.0. The number of methoxy groups -OCH3 is 1. The summed E-state index contributed by atoms with van der Waals surface area (Å²) in [6, 6.07) is -0.791. The number of nitrogens with zero attached hydrogens (tertiary/aromatic N) is 1. The van der Waals surface area contributed by atoms with E-state index in [1.54, 1.807) is 0 Å². The van der Waals surface area contributed by atoms with Gasteiger partial charge in [-0.25, -0.2) is 0 Å². The van der Waals surface area contributed by atoms with Crippen LogP contribution in [-0.2, 0) is 19.1 Å². The summed E-state index contributed by atoms with van der Waals surface area (Å²) in [5.74, 6) is -1.16. The Labute approximate surface area is 105 Å². The first-order valence-electron chi connectivity index (χ1n) is 6.01. The summed E-state index contributed by atoms with van der Waals surface area (Å²) in [5.41, 5.74) is 5.37. The highest BCUT2D eigenvalue weighted by atomic mass is 16.5. The number of carbonyl (C=O) groups excluding carboxylic acids is 3. The number of likely N-dealkylation sites (tertiary alicyclic amines) is 1. The maximum Gasteiger partial charge on any atom is 0.322 e. The van der Waals surface area contributed by atoms with Crippen molar-refractivity contribution in [3.63, 3.8) is 0 Å².